The Morgan fingerprint density at radius 2 is 2.37 bits per heavy atom. The molecule has 0 bridgehead atoms. The molecule has 1 aliphatic heterocycles. The smallest absolute Gasteiger partial charge is 0.262 e. The van der Waals surface area contributed by atoms with Crippen molar-refractivity contribution in [1.29, 1.82) is 0 Å². The monoisotopic (exact) mass is 288 g/mol. The van der Waals surface area contributed by atoms with E-state index in [1.54, 1.807) is 14.0 Å². The summed E-state index contributed by atoms with van der Waals surface area (Å²) in [5.74, 6) is 0.0355. The van der Waals surface area contributed by atoms with Gasteiger partial charge in [0.2, 0.25) is 0 Å². The zero-order valence-corrected chi connectivity index (χ0v) is 12.1. The predicted molar refractivity (Wildman–Crippen MR) is 71.0 cm³/mol. The summed E-state index contributed by atoms with van der Waals surface area (Å²) in [5, 5.41) is 0.0485. The van der Waals surface area contributed by atoms with E-state index in [4.69, 9.17) is 10.5 Å². The van der Waals surface area contributed by atoms with Crippen molar-refractivity contribution in [3.05, 3.63) is 6.33 Å². The fourth-order valence-electron chi connectivity index (χ4n) is 2.29. The molecule has 1 saturated heterocycles. The first-order chi connectivity index (χ1) is 8.96. The molecule has 0 amide bonds. The molecule has 8 heteroatoms. The highest BCUT2D eigenvalue weighted by Crippen LogP contribution is 2.22. The maximum Gasteiger partial charge on any atom is 0.262 e. The number of anilines is 1. The van der Waals surface area contributed by atoms with Gasteiger partial charge in [0.1, 0.15) is 0 Å². The molecule has 2 rings (SSSR count). The number of rotatable bonds is 5. The summed E-state index contributed by atoms with van der Waals surface area (Å²) in [5.41, 5.74) is 5.66. The van der Waals surface area contributed by atoms with Gasteiger partial charge in [-0.2, -0.15) is 4.31 Å². The van der Waals surface area contributed by atoms with Crippen molar-refractivity contribution in [2.24, 2.45) is 7.05 Å². The molecule has 0 aliphatic carbocycles. The molecule has 19 heavy (non-hydrogen) atoms. The lowest BCUT2D eigenvalue weighted by molar-refractivity contribution is 0.0946. The van der Waals surface area contributed by atoms with Gasteiger partial charge in [0, 0.05) is 26.7 Å². The first-order valence-corrected chi connectivity index (χ1v) is 7.79. The Labute approximate surface area is 113 Å². The molecular weight excluding hydrogens is 268 g/mol. The van der Waals surface area contributed by atoms with Gasteiger partial charge in [-0.15, -0.1) is 0 Å². The van der Waals surface area contributed by atoms with E-state index in [-0.39, 0.29) is 16.9 Å². The Kier molecular flexibility index (Phi) is 4.12. The predicted octanol–water partition coefficient (Wildman–Crippen LogP) is 0.192. The van der Waals surface area contributed by atoms with Crippen molar-refractivity contribution >= 4 is 15.8 Å². The van der Waals surface area contributed by atoms with Crippen LogP contribution in [0.3, 0.4) is 0 Å². The third kappa shape index (κ3) is 2.75. The molecule has 1 fully saturated rings. The lowest BCUT2D eigenvalue weighted by Crippen LogP contribution is -2.38. The summed E-state index contributed by atoms with van der Waals surface area (Å²) in [4.78, 5) is 3.83. The number of aryl methyl sites for hydroxylation is 1. The molecule has 0 spiro atoms. The minimum atomic E-state index is -3.63. The Balaban J connectivity index is 2.25. The van der Waals surface area contributed by atoms with Crippen LogP contribution in [0.25, 0.3) is 0 Å². The Morgan fingerprint density at radius 1 is 1.63 bits per heavy atom. The van der Waals surface area contributed by atoms with Crippen LogP contribution < -0.4 is 5.73 Å². The zero-order valence-electron chi connectivity index (χ0n) is 11.2. The lowest BCUT2D eigenvalue weighted by Gasteiger charge is -2.23. The van der Waals surface area contributed by atoms with Gasteiger partial charge in [-0.1, -0.05) is 6.92 Å². The third-order valence-electron chi connectivity index (χ3n) is 3.28. The minimum absolute atomic E-state index is 0.0239. The second kappa shape index (κ2) is 5.48. The number of nitrogens with two attached hydrogens (primary N) is 1. The first-order valence-electron chi connectivity index (χ1n) is 6.35. The Morgan fingerprint density at radius 3 is 2.84 bits per heavy atom. The molecule has 1 aliphatic rings. The van der Waals surface area contributed by atoms with Gasteiger partial charge >= 0.3 is 0 Å². The summed E-state index contributed by atoms with van der Waals surface area (Å²) in [6.45, 7) is 3.26. The highest BCUT2D eigenvalue weighted by atomic mass is 32.2. The van der Waals surface area contributed by atoms with Crippen LogP contribution in [0.5, 0.6) is 0 Å². The van der Waals surface area contributed by atoms with Gasteiger partial charge in [-0.25, -0.2) is 13.4 Å². The standard InChI is InChI=1S/C11H20N4O3S/c1-3-15(7-9-5-4-6-18-9)19(16,17)11-10(12)13-8-14(11)2/h8-9H,3-7,12H2,1-2H3. The Hall–Kier alpha value is -1.12. The SMILES string of the molecule is CCN(CC1CCCO1)S(=O)(=O)c1c(N)ncn1C. The third-order valence-corrected chi connectivity index (χ3v) is 5.35. The molecule has 2 heterocycles. The van der Waals surface area contributed by atoms with Crippen molar-refractivity contribution in [2.75, 3.05) is 25.4 Å². The van der Waals surface area contributed by atoms with Gasteiger partial charge in [0.15, 0.2) is 10.8 Å². The molecule has 1 atom stereocenters. The van der Waals surface area contributed by atoms with Gasteiger partial charge in [0.05, 0.1) is 12.4 Å². The summed E-state index contributed by atoms with van der Waals surface area (Å²) in [7, 11) is -2.01. The van der Waals surface area contributed by atoms with Gasteiger partial charge in [0.25, 0.3) is 10.0 Å². The van der Waals surface area contributed by atoms with Crippen LogP contribution in [-0.4, -0.2) is 48.1 Å². The van der Waals surface area contributed by atoms with E-state index in [0.717, 1.165) is 12.8 Å². The van der Waals surface area contributed by atoms with Crippen molar-refractivity contribution in [3.8, 4) is 0 Å². The van der Waals surface area contributed by atoms with Crippen molar-refractivity contribution in [3.63, 3.8) is 0 Å². The minimum Gasteiger partial charge on any atom is -0.381 e. The van der Waals surface area contributed by atoms with Gasteiger partial charge in [-0.3, -0.25) is 0 Å². The number of likely N-dealkylation sites (N-methyl/N-ethyl adjacent to an activating group) is 1. The average Bonchev–Trinajstić information content (AvgIpc) is 2.96. The van der Waals surface area contributed by atoms with Crippen LogP contribution in [0.1, 0.15) is 19.8 Å². The molecule has 1 aromatic rings. The fourth-order valence-corrected chi connectivity index (χ4v) is 3.96. The molecule has 1 unspecified atom stereocenters. The van der Waals surface area contributed by atoms with E-state index >= 15 is 0 Å². The van der Waals surface area contributed by atoms with E-state index < -0.39 is 10.0 Å². The summed E-state index contributed by atoms with van der Waals surface area (Å²) < 4.78 is 33.5. The zero-order chi connectivity index (χ0) is 14.0. The number of sulfonamides is 1. The van der Waals surface area contributed by atoms with Crippen LogP contribution in [0.15, 0.2) is 11.4 Å². The van der Waals surface area contributed by atoms with Crippen LogP contribution >= 0.6 is 0 Å². The molecule has 0 aromatic carbocycles. The molecule has 0 saturated carbocycles. The second-order valence-corrected chi connectivity index (χ2v) is 6.49. The number of ether oxygens (including phenoxy) is 1. The molecule has 1 aromatic heterocycles. The van der Waals surface area contributed by atoms with Gasteiger partial charge in [-0.05, 0) is 12.8 Å². The first kappa shape index (κ1) is 14.3. The van der Waals surface area contributed by atoms with E-state index in [9.17, 15) is 8.42 Å². The maximum absolute atomic E-state index is 12.6. The molecule has 108 valence electrons. The second-order valence-electron chi connectivity index (χ2n) is 4.64. The van der Waals surface area contributed by atoms with Gasteiger partial charge < -0.3 is 15.0 Å². The van der Waals surface area contributed by atoms with E-state index in [1.165, 1.54) is 15.2 Å². The highest BCUT2D eigenvalue weighted by Gasteiger charge is 2.31. The maximum atomic E-state index is 12.6. The van der Waals surface area contributed by atoms with E-state index in [1.807, 2.05) is 0 Å². The Bertz CT molecular complexity index is 515. The molecule has 0 radical (unpaired) electrons. The summed E-state index contributed by atoms with van der Waals surface area (Å²) in [6, 6.07) is 0. The van der Waals surface area contributed by atoms with Crippen molar-refractivity contribution < 1.29 is 13.2 Å². The normalized spacial score (nSPS) is 20.3. The van der Waals surface area contributed by atoms with Crippen LogP contribution in [0, 0.1) is 0 Å². The molecule has 7 nitrogen and oxygen atoms in total. The average molecular weight is 288 g/mol. The van der Waals surface area contributed by atoms with Crippen LogP contribution in [0.4, 0.5) is 5.82 Å². The van der Waals surface area contributed by atoms with E-state index in [0.29, 0.717) is 19.7 Å². The number of nitrogen functional groups attached to an aromatic ring is 1. The van der Waals surface area contributed by atoms with Crippen molar-refractivity contribution in [2.45, 2.75) is 30.9 Å². The largest absolute Gasteiger partial charge is 0.381 e. The summed E-state index contributed by atoms with van der Waals surface area (Å²) in [6.07, 6.45) is 3.26. The number of aromatic nitrogens is 2. The number of nitrogens with zero attached hydrogens (tertiary/aromatic N) is 3. The quantitative estimate of drug-likeness (QED) is 0.835. The van der Waals surface area contributed by atoms with Crippen LogP contribution in [-0.2, 0) is 21.8 Å². The number of hydrogen-bond acceptors (Lipinski definition) is 5. The van der Waals surface area contributed by atoms with Crippen LogP contribution in [0.2, 0.25) is 0 Å². The van der Waals surface area contributed by atoms with E-state index in [2.05, 4.69) is 4.98 Å². The van der Waals surface area contributed by atoms with Crippen molar-refractivity contribution in [1.82, 2.24) is 13.9 Å². The summed E-state index contributed by atoms with van der Waals surface area (Å²) >= 11 is 0. The molecular formula is C11H20N4O3S. The number of hydrogen-bond donors (Lipinski definition) is 1. The number of imidazole rings is 1. The highest BCUT2D eigenvalue weighted by molar-refractivity contribution is 7.89. The fraction of sp³-hybridized carbons (Fsp3) is 0.727. The topological polar surface area (TPSA) is 90.4 Å². The lowest BCUT2D eigenvalue weighted by atomic mass is 10.2. The molecule has 2 N–H and O–H groups in total.